The summed E-state index contributed by atoms with van der Waals surface area (Å²) in [6.45, 7) is 5.51. The van der Waals surface area contributed by atoms with Crippen LogP contribution in [0, 0.1) is 17.3 Å². The van der Waals surface area contributed by atoms with E-state index in [9.17, 15) is 9.59 Å². The second-order valence-electron chi connectivity index (χ2n) is 9.70. The van der Waals surface area contributed by atoms with Crippen LogP contribution in [0.3, 0.4) is 0 Å². The highest BCUT2D eigenvalue weighted by Gasteiger charge is 2.55. The minimum Gasteiger partial charge on any atom is -0.378 e. The molecule has 2 atom stereocenters. The molecule has 1 aliphatic carbocycles. The molecule has 4 fully saturated rings. The van der Waals surface area contributed by atoms with Crippen molar-refractivity contribution >= 4 is 17.6 Å². The van der Waals surface area contributed by atoms with Crippen molar-refractivity contribution < 1.29 is 14.3 Å². The Balaban J connectivity index is 1.42. The number of aromatic nitrogens is 1. The number of carbonyl (C=O) groups excluding carboxylic acids is 2. The highest BCUT2D eigenvalue weighted by Crippen LogP contribution is 2.45. The van der Waals surface area contributed by atoms with Crippen molar-refractivity contribution in [1.29, 1.82) is 0 Å². The highest BCUT2D eigenvalue weighted by molar-refractivity contribution is 5.85. The van der Waals surface area contributed by atoms with E-state index < -0.39 is 5.41 Å². The van der Waals surface area contributed by atoms with Gasteiger partial charge in [-0.3, -0.25) is 9.59 Å². The molecule has 2 amide bonds. The van der Waals surface area contributed by atoms with Crippen LogP contribution in [0.25, 0.3) is 0 Å². The molecule has 3 saturated heterocycles. The van der Waals surface area contributed by atoms with Gasteiger partial charge in [-0.15, -0.1) is 0 Å². The van der Waals surface area contributed by atoms with Crippen molar-refractivity contribution in [3.8, 4) is 0 Å². The average molecular weight is 427 g/mol. The normalized spacial score (nSPS) is 29.7. The lowest BCUT2D eigenvalue weighted by Crippen LogP contribution is -2.53. The number of anilines is 1. The van der Waals surface area contributed by atoms with Gasteiger partial charge in [-0.05, 0) is 37.8 Å². The predicted molar refractivity (Wildman–Crippen MR) is 118 cm³/mol. The van der Waals surface area contributed by atoms with Gasteiger partial charge in [0.1, 0.15) is 5.82 Å². The number of hydrogen-bond acceptors (Lipinski definition) is 5. The molecule has 4 aliphatic rings. The van der Waals surface area contributed by atoms with Crippen molar-refractivity contribution in [2.75, 3.05) is 57.4 Å². The number of carbonyl (C=O) groups is 2. The Morgan fingerprint density at radius 2 is 1.81 bits per heavy atom. The van der Waals surface area contributed by atoms with Crippen LogP contribution in [0.5, 0.6) is 0 Å². The van der Waals surface area contributed by atoms with E-state index in [1.807, 2.05) is 29.3 Å². The van der Waals surface area contributed by atoms with E-state index in [0.717, 1.165) is 44.6 Å². The maximum Gasteiger partial charge on any atom is 0.231 e. The minimum absolute atomic E-state index is 0.137. The first-order valence-corrected chi connectivity index (χ1v) is 12.0. The quantitative estimate of drug-likeness (QED) is 0.741. The van der Waals surface area contributed by atoms with Crippen molar-refractivity contribution in [1.82, 2.24) is 14.8 Å². The SMILES string of the molecule is O=C(C1CCCC1)N1CCC[C@@]2(C(=O)N3CCOCC3)CN(c3ccccn3)C[C@H]2C1. The molecular weight excluding hydrogens is 392 g/mol. The molecule has 3 aliphatic heterocycles. The van der Waals surface area contributed by atoms with E-state index >= 15 is 0 Å². The number of pyridine rings is 1. The van der Waals surface area contributed by atoms with E-state index in [1.165, 1.54) is 12.8 Å². The number of rotatable bonds is 3. The van der Waals surface area contributed by atoms with E-state index in [0.29, 0.717) is 45.3 Å². The van der Waals surface area contributed by atoms with Gasteiger partial charge in [-0.1, -0.05) is 18.9 Å². The fourth-order valence-corrected chi connectivity index (χ4v) is 6.21. The number of amides is 2. The number of ether oxygens (including phenoxy) is 1. The smallest absolute Gasteiger partial charge is 0.231 e. The summed E-state index contributed by atoms with van der Waals surface area (Å²) in [5.74, 6) is 1.84. The van der Waals surface area contributed by atoms with Gasteiger partial charge in [-0.2, -0.15) is 0 Å². The lowest BCUT2D eigenvalue weighted by Gasteiger charge is -2.39. The number of morpholine rings is 1. The molecule has 31 heavy (non-hydrogen) atoms. The second kappa shape index (κ2) is 8.77. The van der Waals surface area contributed by atoms with Crippen LogP contribution in [-0.4, -0.2) is 79.1 Å². The fraction of sp³-hybridized carbons (Fsp3) is 0.708. The Kier molecular flexibility index (Phi) is 5.87. The molecule has 7 heteroatoms. The van der Waals surface area contributed by atoms with E-state index in [1.54, 1.807) is 0 Å². The van der Waals surface area contributed by atoms with Crippen LogP contribution in [0.2, 0.25) is 0 Å². The molecule has 0 radical (unpaired) electrons. The van der Waals surface area contributed by atoms with Crippen molar-refractivity contribution in [2.45, 2.75) is 38.5 Å². The van der Waals surface area contributed by atoms with Crippen molar-refractivity contribution in [3.63, 3.8) is 0 Å². The molecule has 7 nitrogen and oxygen atoms in total. The molecule has 1 saturated carbocycles. The molecule has 0 unspecified atom stereocenters. The van der Waals surface area contributed by atoms with Gasteiger partial charge in [0.15, 0.2) is 0 Å². The minimum atomic E-state index is -0.445. The second-order valence-corrected chi connectivity index (χ2v) is 9.70. The van der Waals surface area contributed by atoms with Crippen LogP contribution < -0.4 is 4.90 Å². The van der Waals surface area contributed by atoms with Gasteiger partial charge in [-0.25, -0.2) is 4.98 Å². The molecular formula is C24H34N4O3. The van der Waals surface area contributed by atoms with Gasteiger partial charge in [0.2, 0.25) is 11.8 Å². The maximum atomic E-state index is 13.9. The zero-order valence-electron chi connectivity index (χ0n) is 18.4. The molecule has 0 N–H and O–H groups in total. The largest absolute Gasteiger partial charge is 0.378 e. The molecule has 168 valence electrons. The summed E-state index contributed by atoms with van der Waals surface area (Å²) in [5.41, 5.74) is -0.445. The third kappa shape index (κ3) is 3.93. The summed E-state index contributed by atoms with van der Waals surface area (Å²) in [5, 5.41) is 0. The molecule has 1 aromatic heterocycles. The number of fused-ring (bicyclic) bond motifs is 1. The van der Waals surface area contributed by atoms with E-state index in [2.05, 4.69) is 14.8 Å². The Morgan fingerprint density at radius 1 is 1.00 bits per heavy atom. The first-order valence-electron chi connectivity index (χ1n) is 12.0. The van der Waals surface area contributed by atoms with Gasteiger partial charge in [0, 0.05) is 57.3 Å². The lowest BCUT2D eigenvalue weighted by molar-refractivity contribution is -0.148. The zero-order valence-corrected chi connectivity index (χ0v) is 18.4. The van der Waals surface area contributed by atoms with E-state index in [-0.39, 0.29) is 17.7 Å². The first-order chi connectivity index (χ1) is 15.2. The molecule has 0 bridgehead atoms. The molecule has 0 spiro atoms. The number of likely N-dealkylation sites (tertiary alicyclic amines) is 1. The molecule has 1 aromatic rings. The number of hydrogen-bond donors (Lipinski definition) is 0. The maximum absolute atomic E-state index is 13.9. The Bertz CT molecular complexity index is 791. The number of nitrogens with zero attached hydrogens (tertiary/aromatic N) is 4. The monoisotopic (exact) mass is 426 g/mol. The molecule has 4 heterocycles. The van der Waals surface area contributed by atoms with Crippen LogP contribution >= 0.6 is 0 Å². The fourth-order valence-electron chi connectivity index (χ4n) is 6.21. The van der Waals surface area contributed by atoms with Crippen LogP contribution in [0.1, 0.15) is 38.5 Å². The summed E-state index contributed by atoms with van der Waals surface area (Å²) in [7, 11) is 0. The molecule has 5 rings (SSSR count). The summed E-state index contributed by atoms with van der Waals surface area (Å²) < 4.78 is 5.50. The average Bonchev–Trinajstić information content (AvgIpc) is 3.45. The van der Waals surface area contributed by atoms with Crippen molar-refractivity contribution in [3.05, 3.63) is 24.4 Å². The summed E-state index contributed by atoms with van der Waals surface area (Å²) in [4.78, 5) is 38.1. The first kappa shape index (κ1) is 20.7. The predicted octanol–water partition coefficient (Wildman–Crippen LogP) is 2.18. The van der Waals surface area contributed by atoms with Gasteiger partial charge in [0.05, 0.1) is 18.6 Å². The summed E-state index contributed by atoms with van der Waals surface area (Å²) >= 11 is 0. The van der Waals surface area contributed by atoms with E-state index in [4.69, 9.17) is 4.74 Å². The Hall–Kier alpha value is -2.15. The third-order valence-corrected chi connectivity index (χ3v) is 7.90. The lowest BCUT2D eigenvalue weighted by atomic mass is 9.73. The topological polar surface area (TPSA) is 66.0 Å². The Morgan fingerprint density at radius 3 is 2.55 bits per heavy atom. The van der Waals surface area contributed by atoms with Gasteiger partial charge < -0.3 is 19.4 Å². The van der Waals surface area contributed by atoms with Crippen LogP contribution in [0.4, 0.5) is 5.82 Å². The third-order valence-electron chi connectivity index (χ3n) is 7.90. The Labute approximate surface area is 184 Å². The van der Waals surface area contributed by atoms with Crippen LogP contribution in [0.15, 0.2) is 24.4 Å². The standard InChI is InChI=1S/C24H34N4O3/c29-22(19-6-1-2-7-19)27-11-5-9-24(23(30)26-12-14-31-15-13-26)18-28(17-20(24)16-27)21-8-3-4-10-25-21/h3-4,8,10,19-20H,1-2,5-7,9,11-18H2/t20-,24-/m1/s1. The van der Waals surface area contributed by atoms with Crippen LogP contribution in [-0.2, 0) is 14.3 Å². The van der Waals surface area contributed by atoms with Crippen molar-refractivity contribution in [2.24, 2.45) is 17.3 Å². The highest BCUT2D eigenvalue weighted by atomic mass is 16.5. The van der Waals surface area contributed by atoms with Gasteiger partial charge in [0.25, 0.3) is 0 Å². The van der Waals surface area contributed by atoms with Gasteiger partial charge >= 0.3 is 0 Å². The zero-order chi connectivity index (χ0) is 21.3. The summed E-state index contributed by atoms with van der Waals surface area (Å²) in [6.07, 6.45) is 7.93. The molecule has 0 aromatic carbocycles. The summed E-state index contributed by atoms with van der Waals surface area (Å²) in [6, 6.07) is 5.96.